The van der Waals surface area contributed by atoms with Gasteiger partial charge in [-0.2, -0.15) is 4.98 Å². The van der Waals surface area contributed by atoms with Gasteiger partial charge in [0, 0.05) is 12.0 Å². The first kappa shape index (κ1) is 13.6. The molecule has 5 nitrogen and oxygen atoms in total. The summed E-state index contributed by atoms with van der Waals surface area (Å²) in [5, 5.41) is 16.0. The quantitative estimate of drug-likeness (QED) is 0.726. The van der Waals surface area contributed by atoms with E-state index in [1.807, 2.05) is 37.3 Å². The summed E-state index contributed by atoms with van der Waals surface area (Å²) in [6.45, 7) is 3.01. The zero-order valence-corrected chi connectivity index (χ0v) is 11.7. The lowest BCUT2D eigenvalue weighted by Gasteiger charge is -2.04. The predicted octanol–water partition coefficient (Wildman–Crippen LogP) is 3.52. The number of fused-ring (bicyclic) bond motifs is 1. The Labute approximate surface area is 122 Å². The van der Waals surface area contributed by atoms with Gasteiger partial charge >= 0.3 is 0 Å². The molecular weight excluding hydrogens is 268 g/mol. The molecule has 0 radical (unpaired) electrons. The average molecular weight is 284 g/mol. The first-order chi connectivity index (χ1) is 10.3. The molecule has 2 aromatic carbocycles. The molecule has 5 heteroatoms. The molecule has 1 N–H and O–H groups in total. The summed E-state index contributed by atoms with van der Waals surface area (Å²) in [5.41, 5.74) is 0.531. The number of ether oxygens (including phenoxy) is 1. The first-order valence-corrected chi connectivity index (χ1v) is 6.91. The van der Waals surface area contributed by atoms with Crippen molar-refractivity contribution in [2.24, 2.45) is 0 Å². The van der Waals surface area contributed by atoms with Gasteiger partial charge in [0.1, 0.15) is 12.4 Å². The molecule has 0 fully saturated rings. The van der Waals surface area contributed by atoms with Crippen LogP contribution < -0.4 is 0 Å². The van der Waals surface area contributed by atoms with Crippen molar-refractivity contribution in [3.05, 3.63) is 42.2 Å². The molecule has 0 atom stereocenters. The minimum Gasteiger partial charge on any atom is -0.506 e. The number of benzene rings is 2. The molecule has 0 aliphatic rings. The van der Waals surface area contributed by atoms with E-state index >= 15 is 0 Å². The van der Waals surface area contributed by atoms with E-state index in [0.717, 1.165) is 17.2 Å². The van der Waals surface area contributed by atoms with Crippen molar-refractivity contribution in [3.63, 3.8) is 0 Å². The van der Waals surface area contributed by atoms with Crippen LogP contribution in [0.3, 0.4) is 0 Å². The first-order valence-electron chi connectivity index (χ1n) is 6.91. The van der Waals surface area contributed by atoms with Crippen molar-refractivity contribution < 1.29 is 14.4 Å². The second-order valence-corrected chi connectivity index (χ2v) is 4.75. The fraction of sp³-hybridized carbons (Fsp3) is 0.250. The molecule has 3 rings (SSSR count). The normalized spacial score (nSPS) is 11.1. The fourth-order valence-corrected chi connectivity index (χ4v) is 2.16. The van der Waals surface area contributed by atoms with E-state index < -0.39 is 0 Å². The van der Waals surface area contributed by atoms with Crippen molar-refractivity contribution in [1.29, 1.82) is 0 Å². The Bertz CT molecular complexity index is 752. The van der Waals surface area contributed by atoms with Crippen molar-refractivity contribution in [1.82, 2.24) is 10.1 Å². The maximum atomic E-state index is 10.4. The summed E-state index contributed by atoms with van der Waals surface area (Å²) in [6, 6.07) is 11.3. The molecule has 0 bridgehead atoms. The van der Waals surface area contributed by atoms with Crippen LogP contribution in [0.2, 0.25) is 0 Å². The molecule has 0 aliphatic heterocycles. The van der Waals surface area contributed by atoms with E-state index in [9.17, 15) is 5.11 Å². The van der Waals surface area contributed by atoms with E-state index in [0.29, 0.717) is 30.5 Å². The number of aromatic hydroxyl groups is 1. The molecule has 0 saturated heterocycles. The molecule has 21 heavy (non-hydrogen) atoms. The zero-order chi connectivity index (χ0) is 14.7. The van der Waals surface area contributed by atoms with Gasteiger partial charge < -0.3 is 14.4 Å². The number of aromatic nitrogens is 2. The van der Waals surface area contributed by atoms with Gasteiger partial charge in [0.25, 0.3) is 5.89 Å². The molecule has 0 spiro atoms. The molecule has 0 unspecified atom stereocenters. The van der Waals surface area contributed by atoms with Crippen LogP contribution in [0.25, 0.3) is 22.2 Å². The SMILES string of the molecule is CCCOCc1noc(-c2ccc3ccccc3c2O)n1. The molecule has 0 aliphatic carbocycles. The lowest BCUT2D eigenvalue weighted by molar-refractivity contribution is 0.114. The van der Waals surface area contributed by atoms with Crippen LogP contribution in [0, 0.1) is 0 Å². The third kappa shape index (κ3) is 2.73. The minimum atomic E-state index is 0.151. The standard InChI is InChI=1S/C16H16N2O3/c1-2-9-20-10-14-17-16(21-18-14)13-8-7-11-5-3-4-6-12(11)15(13)19/h3-8,19H,2,9-10H2,1H3. The Morgan fingerprint density at radius 1 is 1.19 bits per heavy atom. The van der Waals surface area contributed by atoms with Crippen LogP contribution in [-0.2, 0) is 11.3 Å². The molecule has 108 valence electrons. The smallest absolute Gasteiger partial charge is 0.261 e. The number of phenols is 1. The largest absolute Gasteiger partial charge is 0.506 e. The molecule has 0 saturated carbocycles. The third-order valence-electron chi connectivity index (χ3n) is 3.18. The Hall–Kier alpha value is -2.40. The van der Waals surface area contributed by atoms with Crippen molar-refractivity contribution in [2.75, 3.05) is 6.61 Å². The van der Waals surface area contributed by atoms with Gasteiger partial charge in [0.2, 0.25) is 0 Å². The number of hydrogen-bond donors (Lipinski definition) is 1. The van der Waals surface area contributed by atoms with E-state index in [2.05, 4.69) is 10.1 Å². The molecule has 1 heterocycles. The maximum absolute atomic E-state index is 10.4. The van der Waals surface area contributed by atoms with Crippen molar-refractivity contribution in [3.8, 4) is 17.2 Å². The van der Waals surface area contributed by atoms with Crippen LogP contribution in [0.15, 0.2) is 40.9 Å². The number of rotatable bonds is 5. The minimum absolute atomic E-state index is 0.151. The van der Waals surface area contributed by atoms with E-state index in [1.165, 1.54) is 0 Å². The zero-order valence-electron chi connectivity index (χ0n) is 11.7. The summed E-state index contributed by atoms with van der Waals surface area (Å²) in [5.74, 6) is 0.928. The van der Waals surface area contributed by atoms with Crippen LogP contribution in [-0.4, -0.2) is 21.9 Å². The second-order valence-electron chi connectivity index (χ2n) is 4.75. The van der Waals surface area contributed by atoms with Gasteiger partial charge in [-0.25, -0.2) is 0 Å². The topological polar surface area (TPSA) is 68.4 Å². The van der Waals surface area contributed by atoms with Gasteiger partial charge in [-0.15, -0.1) is 0 Å². The third-order valence-corrected chi connectivity index (χ3v) is 3.18. The molecular formula is C16H16N2O3. The highest BCUT2D eigenvalue weighted by Gasteiger charge is 2.14. The Morgan fingerprint density at radius 2 is 2.05 bits per heavy atom. The molecule has 1 aromatic heterocycles. The average Bonchev–Trinajstić information content (AvgIpc) is 2.97. The van der Waals surface area contributed by atoms with Crippen LogP contribution in [0.4, 0.5) is 0 Å². The lowest BCUT2D eigenvalue weighted by atomic mass is 10.1. The maximum Gasteiger partial charge on any atom is 0.261 e. The lowest BCUT2D eigenvalue weighted by Crippen LogP contribution is -1.95. The van der Waals surface area contributed by atoms with Gasteiger partial charge in [0.15, 0.2) is 5.82 Å². The van der Waals surface area contributed by atoms with Gasteiger partial charge in [-0.3, -0.25) is 0 Å². The number of hydrogen-bond acceptors (Lipinski definition) is 5. The summed E-state index contributed by atoms with van der Waals surface area (Å²) in [7, 11) is 0. The van der Waals surface area contributed by atoms with Crippen LogP contribution >= 0.6 is 0 Å². The summed E-state index contributed by atoms with van der Waals surface area (Å²) < 4.78 is 10.6. The highest BCUT2D eigenvalue weighted by molar-refractivity contribution is 5.93. The summed E-state index contributed by atoms with van der Waals surface area (Å²) in [6.07, 6.45) is 0.941. The highest BCUT2D eigenvalue weighted by Crippen LogP contribution is 2.34. The van der Waals surface area contributed by atoms with Gasteiger partial charge in [-0.05, 0) is 17.9 Å². The summed E-state index contributed by atoms with van der Waals surface area (Å²) in [4.78, 5) is 4.26. The van der Waals surface area contributed by atoms with Gasteiger partial charge in [0.05, 0.1) is 5.56 Å². The summed E-state index contributed by atoms with van der Waals surface area (Å²) >= 11 is 0. The van der Waals surface area contributed by atoms with E-state index in [4.69, 9.17) is 9.26 Å². The molecule has 3 aromatic rings. The van der Waals surface area contributed by atoms with Crippen LogP contribution in [0.1, 0.15) is 19.2 Å². The predicted molar refractivity (Wildman–Crippen MR) is 78.9 cm³/mol. The fourth-order valence-electron chi connectivity index (χ4n) is 2.16. The van der Waals surface area contributed by atoms with Gasteiger partial charge in [-0.1, -0.05) is 42.4 Å². The molecule has 0 amide bonds. The van der Waals surface area contributed by atoms with E-state index in [1.54, 1.807) is 6.07 Å². The van der Waals surface area contributed by atoms with E-state index in [-0.39, 0.29) is 5.75 Å². The van der Waals surface area contributed by atoms with Crippen molar-refractivity contribution in [2.45, 2.75) is 20.0 Å². The Kier molecular flexibility index (Phi) is 3.83. The number of phenolic OH excluding ortho intramolecular Hbond substituents is 1. The Balaban J connectivity index is 1.91. The number of nitrogens with zero attached hydrogens (tertiary/aromatic N) is 2. The highest BCUT2D eigenvalue weighted by atomic mass is 16.5. The van der Waals surface area contributed by atoms with Crippen LogP contribution in [0.5, 0.6) is 5.75 Å². The monoisotopic (exact) mass is 284 g/mol. The Morgan fingerprint density at radius 3 is 2.90 bits per heavy atom. The van der Waals surface area contributed by atoms with Crippen molar-refractivity contribution >= 4 is 10.8 Å². The second kappa shape index (κ2) is 5.93.